The molecule has 4 heteroatoms. The zero-order valence-electron chi connectivity index (χ0n) is 18.4. The molecule has 164 valence electrons. The quantitative estimate of drug-likeness (QED) is 0.350. The third-order valence-electron chi connectivity index (χ3n) is 5.93. The van der Waals surface area contributed by atoms with Gasteiger partial charge in [0.25, 0.3) is 0 Å². The molecule has 0 N–H and O–H groups in total. The predicted molar refractivity (Wildman–Crippen MR) is 129 cm³/mol. The lowest BCUT2D eigenvalue weighted by molar-refractivity contribution is -0.139. The van der Waals surface area contributed by atoms with Crippen LogP contribution in [0.4, 0.5) is 0 Å². The van der Waals surface area contributed by atoms with E-state index in [4.69, 9.17) is 9.47 Å². The van der Waals surface area contributed by atoms with Crippen molar-refractivity contribution >= 4 is 23.2 Å². The second-order valence-corrected chi connectivity index (χ2v) is 12.1. The number of unbranched alkanes of at least 4 members (excludes halogenated alkanes) is 1. The van der Waals surface area contributed by atoms with Gasteiger partial charge >= 0.3 is 0 Å². The molecule has 4 rings (SSSR count). The van der Waals surface area contributed by atoms with Crippen LogP contribution in [-0.2, 0) is 9.47 Å². The molecule has 0 aromatic heterocycles. The Morgan fingerprint density at radius 3 is 1.58 bits per heavy atom. The first-order valence-electron chi connectivity index (χ1n) is 11.0. The number of halogens is 1. The maximum absolute atomic E-state index is 6.02. The molecule has 0 radical (unpaired) electrons. The highest BCUT2D eigenvalue weighted by Gasteiger charge is 2.44. The van der Waals surface area contributed by atoms with E-state index in [1.807, 2.05) is 13.8 Å². The standard InChI is InChI=1S/C27H32O2P.BrH/c1-27(2)28-22-23(29-27)14-12-13-21-30(24-15-6-3-7-16-24,25-17-8-4-9-18-25)26-19-10-5-11-20-26;/h3-11,15-20,23H,12-14,21-22H2,1-2H3;1H/q+1;/p-1. The molecule has 1 saturated heterocycles. The molecule has 0 aliphatic carbocycles. The van der Waals surface area contributed by atoms with Crippen molar-refractivity contribution in [2.24, 2.45) is 0 Å². The summed E-state index contributed by atoms with van der Waals surface area (Å²) >= 11 is 0. The van der Waals surface area contributed by atoms with Crippen LogP contribution in [0.15, 0.2) is 91.0 Å². The van der Waals surface area contributed by atoms with E-state index in [-0.39, 0.29) is 23.1 Å². The first-order valence-corrected chi connectivity index (χ1v) is 12.9. The van der Waals surface area contributed by atoms with Gasteiger partial charge in [0.2, 0.25) is 0 Å². The Morgan fingerprint density at radius 2 is 1.19 bits per heavy atom. The summed E-state index contributed by atoms with van der Waals surface area (Å²) in [7, 11) is -1.71. The first kappa shape index (κ1) is 24.1. The van der Waals surface area contributed by atoms with Crippen LogP contribution in [0.25, 0.3) is 0 Å². The molecule has 0 amide bonds. The van der Waals surface area contributed by atoms with Crippen LogP contribution in [-0.4, -0.2) is 24.7 Å². The van der Waals surface area contributed by atoms with E-state index in [0.29, 0.717) is 6.61 Å². The molecule has 0 bridgehead atoms. The van der Waals surface area contributed by atoms with Gasteiger partial charge in [-0.15, -0.1) is 0 Å². The van der Waals surface area contributed by atoms with Gasteiger partial charge in [0.1, 0.15) is 23.2 Å². The normalized spacial score (nSPS) is 17.8. The third kappa shape index (κ3) is 5.65. The molecule has 1 unspecified atom stereocenters. The average molecular weight is 499 g/mol. The largest absolute Gasteiger partial charge is 1.00 e. The Hall–Kier alpha value is -1.51. The van der Waals surface area contributed by atoms with Gasteiger partial charge in [-0.05, 0) is 69.5 Å². The van der Waals surface area contributed by atoms with Crippen molar-refractivity contribution in [1.29, 1.82) is 0 Å². The molecule has 1 atom stereocenters. The Morgan fingerprint density at radius 1 is 0.742 bits per heavy atom. The SMILES string of the molecule is CC1(C)OCC(CCCC[P+](c2ccccc2)(c2ccccc2)c2ccccc2)O1.[Br-]. The van der Waals surface area contributed by atoms with Crippen LogP contribution in [0, 0.1) is 0 Å². The molecule has 31 heavy (non-hydrogen) atoms. The molecule has 1 fully saturated rings. The van der Waals surface area contributed by atoms with Crippen molar-refractivity contribution in [3.8, 4) is 0 Å². The minimum atomic E-state index is -1.71. The van der Waals surface area contributed by atoms with Gasteiger partial charge < -0.3 is 26.5 Å². The number of hydrogen-bond donors (Lipinski definition) is 0. The smallest absolute Gasteiger partial charge is 0.163 e. The lowest BCUT2D eigenvalue weighted by Crippen LogP contribution is -3.00. The lowest BCUT2D eigenvalue weighted by Gasteiger charge is -2.28. The Bertz CT molecular complexity index is 819. The molecule has 0 spiro atoms. The highest BCUT2D eigenvalue weighted by Crippen LogP contribution is 2.56. The van der Waals surface area contributed by atoms with Crippen LogP contribution < -0.4 is 32.9 Å². The van der Waals surface area contributed by atoms with Gasteiger partial charge in [-0.25, -0.2) is 0 Å². The zero-order valence-corrected chi connectivity index (χ0v) is 20.9. The lowest BCUT2D eigenvalue weighted by atomic mass is 10.2. The molecule has 2 nitrogen and oxygen atoms in total. The van der Waals surface area contributed by atoms with Crippen molar-refractivity contribution in [2.75, 3.05) is 12.8 Å². The monoisotopic (exact) mass is 498 g/mol. The van der Waals surface area contributed by atoms with E-state index in [1.165, 1.54) is 28.5 Å². The van der Waals surface area contributed by atoms with Crippen molar-refractivity contribution in [1.82, 2.24) is 0 Å². The van der Waals surface area contributed by atoms with Crippen LogP contribution in [0.2, 0.25) is 0 Å². The van der Waals surface area contributed by atoms with Crippen molar-refractivity contribution in [2.45, 2.75) is 45.0 Å². The summed E-state index contributed by atoms with van der Waals surface area (Å²) < 4.78 is 11.8. The second kappa shape index (κ2) is 10.9. The summed E-state index contributed by atoms with van der Waals surface area (Å²) in [5.41, 5.74) is 0. The van der Waals surface area contributed by atoms with E-state index in [9.17, 15) is 0 Å². The van der Waals surface area contributed by atoms with Gasteiger partial charge in [0.05, 0.1) is 18.9 Å². The summed E-state index contributed by atoms with van der Waals surface area (Å²) in [6, 6.07) is 33.4. The van der Waals surface area contributed by atoms with E-state index in [0.717, 1.165) is 12.8 Å². The maximum Gasteiger partial charge on any atom is 0.163 e. The van der Waals surface area contributed by atoms with Crippen molar-refractivity contribution in [3.63, 3.8) is 0 Å². The minimum Gasteiger partial charge on any atom is -1.00 e. The molecular weight excluding hydrogens is 467 g/mol. The van der Waals surface area contributed by atoms with Crippen molar-refractivity contribution < 1.29 is 26.5 Å². The van der Waals surface area contributed by atoms with Crippen LogP contribution in [0.3, 0.4) is 0 Å². The summed E-state index contributed by atoms with van der Waals surface area (Å²) in [4.78, 5) is 0. The zero-order chi connectivity index (χ0) is 20.9. The Balaban J connectivity index is 0.00000272. The summed E-state index contributed by atoms with van der Waals surface area (Å²) in [6.45, 7) is 4.72. The third-order valence-corrected chi connectivity index (χ3v) is 10.5. The molecule has 1 aliphatic heterocycles. The van der Waals surface area contributed by atoms with Gasteiger partial charge in [0, 0.05) is 0 Å². The fraction of sp³-hybridized carbons (Fsp3) is 0.333. The molecule has 1 aliphatic rings. The highest BCUT2D eigenvalue weighted by atomic mass is 79.9. The average Bonchev–Trinajstić information content (AvgIpc) is 3.14. The topological polar surface area (TPSA) is 18.5 Å². The van der Waals surface area contributed by atoms with Gasteiger partial charge in [0.15, 0.2) is 5.79 Å². The van der Waals surface area contributed by atoms with E-state index < -0.39 is 13.0 Å². The van der Waals surface area contributed by atoms with Crippen LogP contribution >= 0.6 is 7.26 Å². The first-order chi connectivity index (χ1) is 14.6. The van der Waals surface area contributed by atoms with E-state index in [1.54, 1.807) is 0 Å². The van der Waals surface area contributed by atoms with Gasteiger partial charge in [-0.1, -0.05) is 54.6 Å². The van der Waals surface area contributed by atoms with E-state index in [2.05, 4.69) is 91.0 Å². The second-order valence-electron chi connectivity index (χ2n) is 8.49. The molecular formula is C27H32BrO2P. The molecule has 3 aromatic rings. The van der Waals surface area contributed by atoms with Gasteiger partial charge in [-0.3, -0.25) is 0 Å². The molecule has 0 saturated carbocycles. The number of benzene rings is 3. The summed E-state index contributed by atoms with van der Waals surface area (Å²) in [6.07, 6.45) is 4.77. The fourth-order valence-electron chi connectivity index (χ4n) is 4.51. The Kier molecular flexibility index (Phi) is 8.47. The summed E-state index contributed by atoms with van der Waals surface area (Å²) in [5.74, 6) is -0.431. The highest BCUT2D eigenvalue weighted by molar-refractivity contribution is 7.95. The summed E-state index contributed by atoms with van der Waals surface area (Å²) in [5, 5.41) is 4.39. The molecule has 1 heterocycles. The Labute approximate surface area is 198 Å². The predicted octanol–water partition coefficient (Wildman–Crippen LogP) is 2.31. The minimum absolute atomic E-state index is 0. The van der Waals surface area contributed by atoms with Gasteiger partial charge in [-0.2, -0.15) is 0 Å². The molecule has 3 aromatic carbocycles. The van der Waals surface area contributed by atoms with Crippen LogP contribution in [0.5, 0.6) is 0 Å². The fourth-order valence-corrected chi connectivity index (χ4v) is 8.92. The van der Waals surface area contributed by atoms with Crippen LogP contribution in [0.1, 0.15) is 33.1 Å². The van der Waals surface area contributed by atoms with E-state index >= 15 is 0 Å². The van der Waals surface area contributed by atoms with Crippen molar-refractivity contribution in [3.05, 3.63) is 91.0 Å². The number of hydrogen-bond acceptors (Lipinski definition) is 2. The maximum atomic E-state index is 6.02. The number of ether oxygens (including phenoxy) is 2. The number of rotatable bonds is 8.